The summed E-state index contributed by atoms with van der Waals surface area (Å²) in [6.45, 7) is 0.182. The molecule has 1 fully saturated rings. The first-order valence-corrected chi connectivity index (χ1v) is 5.96. The molecule has 20 heavy (non-hydrogen) atoms. The van der Waals surface area contributed by atoms with Crippen molar-refractivity contribution in [3.63, 3.8) is 0 Å². The SMILES string of the molecule is COc1coc(CN2CCO[C@@H](C(F)(F)F)C2)cc1=O. The second-order valence-corrected chi connectivity index (χ2v) is 4.42. The van der Waals surface area contributed by atoms with Gasteiger partial charge in [0.2, 0.25) is 11.2 Å². The molecule has 0 spiro atoms. The molecule has 0 aromatic carbocycles. The monoisotopic (exact) mass is 293 g/mol. The van der Waals surface area contributed by atoms with Gasteiger partial charge >= 0.3 is 6.18 Å². The molecule has 1 aromatic heterocycles. The molecule has 0 radical (unpaired) electrons. The second-order valence-electron chi connectivity index (χ2n) is 4.42. The Morgan fingerprint density at radius 2 is 2.25 bits per heavy atom. The number of methoxy groups -OCH3 is 1. The van der Waals surface area contributed by atoms with Crippen molar-refractivity contribution in [2.75, 3.05) is 26.8 Å². The Balaban J connectivity index is 2.03. The standard InChI is InChI=1S/C12H14F3NO4/c1-18-10-7-20-8(4-9(10)17)5-16-2-3-19-11(6-16)12(13,14)15/h4,7,11H,2-3,5-6H2,1H3/t11-/m1/s1. The Morgan fingerprint density at radius 1 is 1.50 bits per heavy atom. The first-order chi connectivity index (χ1) is 9.40. The highest BCUT2D eigenvalue weighted by molar-refractivity contribution is 5.17. The summed E-state index contributed by atoms with van der Waals surface area (Å²) in [7, 11) is 1.34. The molecule has 1 aromatic rings. The normalized spacial score (nSPS) is 20.9. The van der Waals surface area contributed by atoms with Gasteiger partial charge in [-0.3, -0.25) is 9.69 Å². The molecule has 2 heterocycles. The zero-order chi connectivity index (χ0) is 14.8. The molecule has 0 amide bonds. The van der Waals surface area contributed by atoms with Crippen LogP contribution in [0.1, 0.15) is 5.76 Å². The summed E-state index contributed by atoms with van der Waals surface area (Å²) in [6.07, 6.45) is -5.04. The maximum atomic E-state index is 12.6. The molecule has 0 N–H and O–H groups in total. The fourth-order valence-corrected chi connectivity index (χ4v) is 1.93. The number of halogens is 3. The zero-order valence-corrected chi connectivity index (χ0v) is 10.8. The van der Waals surface area contributed by atoms with Gasteiger partial charge in [-0.05, 0) is 0 Å². The van der Waals surface area contributed by atoms with Crippen LogP contribution in [-0.4, -0.2) is 44.0 Å². The highest BCUT2D eigenvalue weighted by atomic mass is 19.4. The smallest absolute Gasteiger partial charge is 0.415 e. The van der Waals surface area contributed by atoms with Crippen molar-refractivity contribution in [2.45, 2.75) is 18.8 Å². The van der Waals surface area contributed by atoms with Crippen LogP contribution in [-0.2, 0) is 11.3 Å². The van der Waals surface area contributed by atoms with Crippen molar-refractivity contribution in [2.24, 2.45) is 0 Å². The van der Waals surface area contributed by atoms with Crippen molar-refractivity contribution < 1.29 is 27.1 Å². The summed E-state index contributed by atoms with van der Waals surface area (Å²) in [5, 5.41) is 0. The van der Waals surface area contributed by atoms with Crippen molar-refractivity contribution in [1.29, 1.82) is 0 Å². The summed E-state index contributed by atoms with van der Waals surface area (Å²) >= 11 is 0. The van der Waals surface area contributed by atoms with Crippen LogP contribution in [0.5, 0.6) is 5.75 Å². The summed E-state index contributed by atoms with van der Waals surface area (Å²) in [5.74, 6) is 0.350. The average molecular weight is 293 g/mol. The van der Waals surface area contributed by atoms with Crippen LogP contribution in [0.3, 0.4) is 0 Å². The minimum absolute atomic E-state index is 0.00936. The summed E-state index contributed by atoms with van der Waals surface area (Å²) in [4.78, 5) is 13.1. The van der Waals surface area contributed by atoms with E-state index in [0.29, 0.717) is 12.3 Å². The van der Waals surface area contributed by atoms with Crippen LogP contribution < -0.4 is 10.2 Å². The van der Waals surface area contributed by atoms with Crippen molar-refractivity contribution in [1.82, 2.24) is 4.90 Å². The maximum Gasteiger partial charge on any atom is 0.415 e. The van der Waals surface area contributed by atoms with Gasteiger partial charge in [-0.1, -0.05) is 0 Å². The number of hydrogen-bond donors (Lipinski definition) is 0. The topological polar surface area (TPSA) is 51.9 Å². The molecule has 1 saturated heterocycles. The van der Waals surface area contributed by atoms with E-state index in [1.807, 2.05) is 0 Å². The third-order valence-electron chi connectivity index (χ3n) is 2.97. The van der Waals surface area contributed by atoms with Crippen LogP contribution in [0.15, 0.2) is 21.5 Å². The number of nitrogens with zero attached hydrogens (tertiary/aromatic N) is 1. The molecular weight excluding hydrogens is 279 g/mol. The molecule has 2 rings (SSSR count). The molecular formula is C12H14F3NO4. The molecule has 0 saturated carbocycles. The highest BCUT2D eigenvalue weighted by Crippen LogP contribution is 2.26. The third kappa shape index (κ3) is 3.51. The van der Waals surface area contributed by atoms with E-state index in [2.05, 4.69) is 0 Å². The lowest BCUT2D eigenvalue weighted by molar-refractivity contribution is -0.238. The molecule has 1 aliphatic heterocycles. The van der Waals surface area contributed by atoms with Gasteiger partial charge in [0.25, 0.3) is 0 Å². The van der Waals surface area contributed by atoms with Crippen molar-refractivity contribution in [3.8, 4) is 5.75 Å². The van der Waals surface area contributed by atoms with E-state index in [1.165, 1.54) is 18.1 Å². The van der Waals surface area contributed by atoms with E-state index in [0.717, 1.165) is 6.26 Å². The molecule has 1 aliphatic rings. The number of alkyl halides is 3. The van der Waals surface area contributed by atoms with Crippen molar-refractivity contribution >= 4 is 0 Å². The fraction of sp³-hybridized carbons (Fsp3) is 0.583. The maximum absolute atomic E-state index is 12.6. The first kappa shape index (κ1) is 14.9. The van der Waals surface area contributed by atoms with Gasteiger partial charge < -0.3 is 13.9 Å². The van der Waals surface area contributed by atoms with Gasteiger partial charge in [0.05, 0.1) is 20.3 Å². The molecule has 0 bridgehead atoms. The van der Waals surface area contributed by atoms with Gasteiger partial charge in [0, 0.05) is 19.2 Å². The Morgan fingerprint density at radius 3 is 2.85 bits per heavy atom. The molecule has 0 aliphatic carbocycles. The average Bonchev–Trinajstić information content (AvgIpc) is 2.38. The van der Waals surface area contributed by atoms with Crippen LogP contribution in [0.25, 0.3) is 0 Å². The van der Waals surface area contributed by atoms with E-state index < -0.39 is 12.3 Å². The lowest BCUT2D eigenvalue weighted by Gasteiger charge is -2.33. The van der Waals surface area contributed by atoms with E-state index in [9.17, 15) is 18.0 Å². The van der Waals surface area contributed by atoms with Crippen LogP contribution >= 0.6 is 0 Å². The molecule has 5 nitrogen and oxygen atoms in total. The summed E-state index contributed by atoms with van der Waals surface area (Å²) in [5.41, 5.74) is -0.366. The van der Waals surface area contributed by atoms with Gasteiger partial charge in [0.1, 0.15) is 12.0 Å². The van der Waals surface area contributed by atoms with Crippen LogP contribution in [0.2, 0.25) is 0 Å². The quantitative estimate of drug-likeness (QED) is 0.843. The van der Waals surface area contributed by atoms with E-state index >= 15 is 0 Å². The first-order valence-electron chi connectivity index (χ1n) is 5.96. The number of rotatable bonds is 3. The van der Waals surface area contributed by atoms with E-state index in [-0.39, 0.29) is 30.9 Å². The predicted molar refractivity (Wildman–Crippen MR) is 62.6 cm³/mol. The minimum atomic E-state index is -4.39. The zero-order valence-electron chi connectivity index (χ0n) is 10.8. The molecule has 1 atom stereocenters. The Hall–Kier alpha value is -1.54. The van der Waals surface area contributed by atoms with Crippen LogP contribution in [0, 0.1) is 0 Å². The summed E-state index contributed by atoms with van der Waals surface area (Å²) < 4.78 is 52.3. The molecule has 112 valence electrons. The highest BCUT2D eigenvalue weighted by Gasteiger charge is 2.43. The molecule has 0 unspecified atom stereocenters. The van der Waals surface area contributed by atoms with Gasteiger partial charge in [-0.15, -0.1) is 0 Å². The number of morpholine rings is 1. The van der Waals surface area contributed by atoms with Gasteiger partial charge in [-0.25, -0.2) is 0 Å². The lowest BCUT2D eigenvalue weighted by Crippen LogP contribution is -2.48. The lowest BCUT2D eigenvalue weighted by atomic mass is 10.2. The van der Waals surface area contributed by atoms with Gasteiger partial charge in [-0.2, -0.15) is 13.2 Å². The van der Waals surface area contributed by atoms with Crippen LogP contribution in [0.4, 0.5) is 13.2 Å². The Bertz CT molecular complexity index is 514. The van der Waals surface area contributed by atoms with E-state index in [4.69, 9.17) is 13.9 Å². The third-order valence-corrected chi connectivity index (χ3v) is 2.97. The number of hydrogen-bond acceptors (Lipinski definition) is 5. The predicted octanol–water partition coefficient (Wildman–Crippen LogP) is 1.41. The number of ether oxygens (including phenoxy) is 2. The Kier molecular flexibility index (Phi) is 4.34. The van der Waals surface area contributed by atoms with Crippen molar-refractivity contribution in [3.05, 3.63) is 28.3 Å². The van der Waals surface area contributed by atoms with Gasteiger partial charge in [0.15, 0.2) is 6.10 Å². The molecule has 8 heteroatoms. The van der Waals surface area contributed by atoms with E-state index in [1.54, 1.807) is 0 Å². The second kappa shape index (κ2) is 5.84. The fourth-order valence-electron chi connectivity index (χ4n) is 1.93. The largest absolute Gasteiger partial charge is 0.490 e. The minimum Gasteiger partial charge on any atom is -0.490 e. The summed E-state index contributed by atoms with van der Waals surface area (Å²) in [6, 6.07) is 1.22. The Labute approximate surface area is 112 Å².